The Balaban J connectivity index is 1.95. The molecule has 2 aromatic rings. The van der Waals surface area contributed by atoms with Crippen molar-refractivity contribution in [1.29, 1.82) is 0 Å². The predicted octanol–water partition coefficient (Wildman–Crippen LogP) is 4.75. The molecule has 1 saturated carbocycles. The van der Waals surface area contributed by atoms with Crippen LogP contribution < -0.4 is 0 Å². The van der Waals surface area contributed by atoms with Gasteiger partial charge in [0.1, 0.15) is 0 Å². The van der Waals surface area contributed by atoms with Crippen molar-refractivity contribution in [3.8, 4) is 0 Å². The second-order valence-electron chi connectivity index (χ2n) is 7.44. The molecule has 0 unspecified atom stereocenters. The minimum Gasteiger partial charge on any atom is -0.462 e. The number of ketones is 1. The summed E-state index contributed by atoms with van der Waals surface area (Å²) in [5.74, 6) is -0.205. The molecule has 1 aromatic carbocycles. The summed E-state index contributed by atoms with van der Waals surface area (Å²) in [6.07, 6.45) is 5.51. The van der Waals surface area contributed by atoms with E-state index in [1.165, 1.54) is 0 Å². The first-order chi connectivity index (χ1) is 13.6. The van der Waals surface area contributed by atoms with Crippen molar-refractivity contribution in [2.45, 2.75) is 58.5 Å². The predicted molar refractivity (Wildman–Crippen MR) is 109 cm³/mol. The molecule has 0 amide bonds. The Bertz CT molecular complexity index is 853. The number of Topliss-reactive ketones (excluding diaryl/α,β-unsaturated/α-hetero) is 1. The molecule has 0 N–H and O–H groups in total. The van der Waals surface area contributed by atoms with E-state index in [0.717, 1.165) is 49.7 Å². The average Bonchev–Trinajstić information content (AvgIpc) is 2.73. The Hall–Kier alpha value is -2.27. The number of aryl methyl sites for hydroxylation is 1. The third kappa shape index (κ3) is 4.41. The standard InChI is InChI=1S/C23H29NO4/c1-4-6-17-14-20(23(26)28-5-2)19-13-16(9-12-21(19)24-17)22(25)15-7-10-18(27-3)11-8-15/h9,12-15,18H,4-8,10-11H2,1-3H3. The maximum absolute atomic E-state index is 13.0. The van der Waals surface area contributed by atoms with Crippen molar-refractivity contribution in [2.24, 2.45) is 5.92 Å². The number of carbonyl (C=O) groups excluding carboxylic acids is 2. The number of benzene rings is 1. The minimum atomic E-state index is -0.363. The minimum absolute atomic E-state index is 0.0159. The fourth-order valence-corrected chi connectivity index (χ4v) is 3.99. The van der Waals surface area contributed by atoms with Gasteiger partial charge in [-0.15, -0.1) is 0 Å². The number of esters is 1. The van der Waals surface area contributed by atoms with Crippen molar-refractivity contribution < 1.29 is 19.1 Å². The van der Waals surface area contributed by atoms with E-state index in [0.29, 0.717) is 23.1 Å². The van der Waals surface area contributed by atoms with Gasteiger partial charge in [-0.05, 0) is 63.3 Å². The summed E-state index contributed by atoms with van der Waals surface area (Å²) < 4.78 is 10.7. The van der Waals surface area contributed by atoms with Crippen LogP contribution in [0.25, 0.3) is 10.9 Å². The number of ether oxygens (including phenoxy) is 2. The van der Waals surface area contributed by atoms with Gasteiger partial charge in [-0.25, -0.2) is 4.79 Å². The number of rotatable bonds is 7. The van der Waals surface area contributed by atoms with Crippen molar-refractivity contribution in [3.05, 3.63) is 41.1 Å². The summed E-state index contributed by atoms with van der Waals surface area (Å²) in [5.41, 5.74) is 2.74. The lowest BCUT2D eigenvalue weighted by Gasteiger charge is -2.26. The Morgan fingerprint density at radius 2 is 1.86 bits per heavy atom. The largest absolute Gasteiger partial charge is 0.462 e. The number of hydrogen-bond donors (Lipinski definition) is 0. The zero-order chi connectivity index (χ0) is 20.1. The van der Waals surface area contributed by atoms with Crippen LogP contribution in [0, 0.1) is 5.92 Å². The molecule has 1 aromatic heterocycles. The third-order valence-corrected chi connectivity index (χ3v) is 5.53. The van der Waals surface area contributed by atoms with Gasteiger partial charge in [0.15, 0.2) is 5.78 Å². The van der Waals surface area contributed by atoms with Crippen LogP contribution in [-0.2, 0) is 15.9 Å². The van der Waals surface area contributed by atoms with E-state index >= 15 is 0 Å². The number of fused-ring (bicyclic) bond motifs is 1. The highest BCUT2D eigenvalue weighted by atomic mass is 16.5. The summed E-state index contributed by atoms with van der Waals surface area (Å²) >= 11 is 0. The van der Waals surface area contributed by atoms with Crippen LogP contribution in [0.15, 0.2) is 24.3 Å². The van der Waals surface area contributed by atoms with Gasteiger partial charge in [0.25, 0.3) is 0 Å². The summed E-state index contributed by atoms with van der Waals surface area (Å²) in [5, 5.41) is 0.690. The van der Waals surface area contributed by atoms with E-state index in [4.69, 9.17) is 9.47 Å². The van der Waals surface area contributed by atoms with Crippen LogP contribution in [0.1, 0.15) is 72.4 Å². The Kier molecular flexibility index (Phi) is 6.79. The number of aromatic nitrogens is 1. The second-order valence-corrected chi connectivity index (χ2v) is 7.44. The smallest absolute Gasteiger partial charge is 0.338 e. The van der Waals surface area contributed by atoms with E-state index in [1.54, 1.807) is 14.0 Å². The molecule has 1 aliphatic rings. The molecule has 0 saturated heterocycles. The van der Waals surface area contributed by atoms with E-state index < -0.39 is 0 Å². The summed E-state index contributed by atoms with van der Waals surface area (Å²) in [6, 6.07) is 7.31. The molecule has 1 aliphatic carbocycles. The molecule has 28 heavy (non-hydrogen) atoms. The normalized spacial score (nSPS) is 19.5. The lowest BCUT2D eigenvalue weighted by atomic mass is 9.82. The number of carbonyl (C=O) groups is 2. The van der Waals surface area contributed by atoms with Crippen molar-refractivity contribution >= 4 is 22.7 Å². The highest BCUT2D eigenvalue weighted by molar-refractivity contribution is 6.07. The van der Waals surface area contributed by atoms with Crippen LogP contribution >= 0.6 is 0 Å². The van der Waals surface area contributed by atoms with E-state index in [-0.39, 0.29) is 23.8 Å². The Morgan fingerprint density at radius 1 is 1.11 bits per heavy atom. The molecule has 5 nitrogen and oxygen atoms in total. The molecule has 3 rings (SSSR count). The van der Waals surface area contributed by atoms with E-state index in [1.807, 2.05) is 24.3 Å². The maximum Gasteiger partial charge on any atom is 0.338 e. The first-order valence-corrected chi connectivity index (χ1v) is 10.2. The lowest BCUT2D eigenvalue weighted by molar-refractivity contribution is 0.0515. The van der Waals surface area contributed by atoms with Gasteiger partial charge in [-0.2, -0.15) is 0 Å². The molecule has 0 atom stereocenters. The van der Waals surface area contributed by atoms with Crippen LogP contribution in [0.5, 0.6) is 0 Å². The Morgan fingerprint density at radius 3 is 2.50 bits per heavy atom. The number of pyridine rings is 1. The van der Waals surface area contributed by atoms with Gasteiger partial charge < -0.3 is 9.47 Å². The van der Waals surface area contributed by atoms with Gasteiger partial charge >= 0.3 is 5.97 Å². The van der Waals surface area contributed by atoms with Gasteiger partial charge in [0.05, 0.1) is 23.8 Å². The molecular weight excluding hydrogens is 354 g/mol. The monoisotopic (exact) mass is 383 g/mol. The van der Waals surface area contributed by atoms with Crippen molar-refractivity contribution in [3.63, 3.8) is 0 Å². The Labute approximate surface area is 166 Å². The van der Waals surface area contributed by atoms with Crippen LogP contribution in [0.3, 0.4) is 0 Å². The SMILES string of the molecule is CCCc1cc(C(=O)OCC)c2cc(C(=O)C3CCC(OC)CC3)ccc2n1. The molecule has 0 spiro atoms. The zero-order valence-electron chi connectivity index (χ0n) is 17.0. The van der Waals surface area contributed by atoms with Gasteiger partial charge in [-0.1, -0.05) is 13.3 Å². The zero-order valence-corrected chi connectivity index (χ0v) is 17.0. The van der Waals surface area contributed by atoms with E-state index in [2.05, 4.69) is 11.9 Å². The van der Waals surface area contributed by atoms with Gasteiger partial charge in [-0.3, -0.25) is 9.78 Å². The topological polar surface area (TPSA) is 65.5 Å². The third-order valence-electron chi connectivity index (χ3n) is 5.53. The van der Waals surface area contributed by atoms with Crippen LogP contribution in [0.4, 0.5) is 0 Å². The number of methoxy groups -OCH3 is 1. The molecule has 5 heteroatoms. The second kappa shape index (κ2) is 9.28. The van der Waals surface area contributed by atoms with Crippen molar-refractivity contribution in [2.75, 3.05) is 13.7 Å². The van der Waals surface area contributed by atoms with Crippen molar-refractivity contribution in [1.82, 2.24) is 4.98 Å². The number of hydrogen-bond acceptors (Lipinski definition) is 5. The highest BCUT2D eigenvalue weighted by Crippen LogP contribution is 2.30. The molecule has 0 bridgehead atoms. The highest BCUT2D eigenvalue weighted by Gasteiger charge is 2.27. The maximum atomic E-state index is 13.0. The van der Waals surface area contributed by atoms with Crippen LogP contribution in [0.2, 0.25) is 0 Å². The lowest BCUT2D eigenvalue weighted by Crippen LogP contribution is -2.25. The number of nitrogens with zero attached hydrogens (tertiary/aromatic N) is 1. The molecule has 0 aliphatic heterocycles. The fraction of sp³-hybridized carbons (Fsp3) is 0.522. The molecule has 0 radical (unpaired) electrons. The first kappa shape index (κ1) is 20.5. The van der Waals surface area contributed by atoms with Gasteiger partial charge in [0.2, 0.25) is 0 Å². The summed E-state index contributed by atoms with van der Waals surface area (Å²) in [7, 11) is 1.73. The summed E-state index contributed by atoms with van der Waals surface area (Å²) in [4.78, 5) is 30.2. The van der Waals surface area contributed by atoms with E-state index in [9.17, 15) is 9.59 Å². The van der Waals surface area contributed by atoms with Crippen LogP contribution in [-0.4, -0.2) is 36.6 Å². The molecule has 1 heterocycles. The quantitative estimate of drug-likeness (QED) is 0.510. The molecular formula is C23H29NO4. The average molecular weight is 383 g/mol. The molecule has 1 fully saturated rings. The summed E-state index contributed by atoms with van der Waals surface area (Å²) in [6.45, 7) is 4.18. The van der Waals surface area contributed by atoms with Gasteiger partial charge in [0, 0.05) is 29.7 Å². The fourth-order valence-electron chi connectivity index (χ4n) is 3.99. The first-order valence-electron chi connectivity index (χ1n) is 10.2. The molecule has 150 valence electrons.